The van der Waals surface area contributed by atoms with Crippen LogP contribution in [-0.4, -0.2) is 24.6 Å². The van der Waals surface area contributed by atoms with Gasteiger partial charge in [-0.05, 0) is 48.8 Å². The van der Waals surface area contributed by atoms with Gasteiger partial charge in [0, 0.05) is 10.6 Å². The van der Waals surface area contributed by atoms with Gasteiger partial charge in [0.2, 0.25) is 5.91 Å². The van der Waals surface area contributed by atoms with Gasteiger partial charge in [-0.3, -0.25) is 4.79 Å². The fourth-order valence-electron chi connectivity index (χ4n) is 1.40. The second-order valence-corrected chi connectivity index (χ2v) is 6.59. The van der Waals surface area contributed by atoms with Crippen LogP contribution in [0.3, 0.4) is 0 Å². The van der Waals surface area contributed by atoms with E-state index in [1.165, 1.54) is 12.1 Å². The number of alkyl halides is 2. The highest BCUT2D eigenvalue weighted by molar-refractivity contribution is 9.10. The Morgan fingerprint density at radius 3 is 2.57 bits per heavy atom. The number of ether oxygens (including phenoxy) is 1. The lowest BCUT2D eigenvalue weighted by atomic mass is 10.1. The first-order chi connectivity index (χ1) is 9.58. The third-order valence-electron chi connectivity index (χ3n) is 2.27. The lowest BCUT2D eigenvalue weighted by molar-refractivity contribution is -0.115. The molecule has 0 unspecified atom stereocenters. The van der Waals surface area contributed by atoms with Gasteiger partial charge < -0.3 is 15.4 Å². The maximum absolute atomic E-state index is 12.4. The maximum Gasteiger partial charge on any atom is 0.387 e. The molecule has 0 aromatic heterocycles. The zero-order valence-electron chi connectivity index (χ0n) is 11.8. The van der Waals surface area contributed by atoms with Crippen molar-refractivity contribution < 1.29 is 18.3 Å². The second-order valence-electron chi connectivity index (χ2n) is 5.29. The molecule has 0 atom stereocenters. The first-order valence-corrected chi connectivity index (χ1v) is 7.24. The van der Waals surface area contributed by atoms with Gasteiger partial charge in [0.15, 0.2) is 5.75 Å². The van der Waals surface area contributed by atoms with Crippen LogP contribution in [0.2, 0.25) is 5.02 Å². The molecule has 1 aromatic carbocycles. The van der Waals surface area contributed by atoms with Gasteiger partial charge in [-0.2, -0.15) is 8.78 Å². The molecule has 0 aliphatic heterocycles. The number of rotatable bonds is 5. The number of hydrogen-bond donors (Lipinski definition) is 2. The van der Waals surface area contributed by atoms with Crippen LogP contribution in [0, 0.1) is 0 Å². The minimum absolute atomic E-state index is 0.0295. The molecule has 0 saturated heterocycles. The van der Waals surface area contributed by atoms with Gasteiger partial charge in [0.05, 0.1) is 16.7 Å². The number of benzene rings is 1. The molecule has 1 amide bonds. The predicted molar refractivity (Wildman–Crippen MR) is 82.2 cm³/mol. The molecule has 0 radical (unpaired) electrons. The van der Waals surface area contributed by atoms with Gasteiger partial charge in [-0.1, -0.05) is 11.6 Å². The molecule has 2 N–H and O–H groups in total. The van der Waals surface area contributed by atoms with Gasteiger partial charge >= 0.3 is 6.61 Å². The van der Waals surface area contributed by atoms with E-state index < -0.39 is 12.5 Å². The number of carbonyl (C=O) groups is 1. The van der Waals surface area contributed by atoms with Crippen LogP contribution in [0.4, 0.5) is 14.5 Å². The largest absolute Gasteiger partial charge is 0.431 e. The number of nitrogens with one attached hydrogen (secondary N) is 2. The predicted octanol–water partition coefficient (Wildman–Crippen LogP) is 4.03. The molecular formula is C13H16BrClF2N2O2. The summed E-state index contributed by atoms with van der Waals surface area (Å²) in [4.78, 5) is 11.8. The molecule has 0 aliphatic rings. The second kappa shape index (κ2) is 7.38. The molecule has 118 valence electrons. The molecule has 0 fully saturated rings. The van der Waals surface area contributed by atoms with Crippen molar-refractivity contribution in [3.05, 3.63) is 21.6 Å². The number of halogens is 4. The van der Waals surface area contributed by atoms with E-state index in [0.717, 1.165) is 0 Å². The zero-order valence-corrected chi connectivity index (χ0v) is 14.1. The topological polar surface area (TPSA) is 50.4 Å². The number of amides is 1. The third kappa shape index (κ3) is 6.58. The molecular weight excluding hydrogens is 370 g/mol. The van der Waals surface area contributed by atoms with E-state index in [1.807, 2.05) is 20.8 Å². The van der Waals surface area contributed by atoms with Crippen LogP contribution in [0.25, 0.3) is 0 Å². The molecule has 0 aliphatic carbocycles. The Morgan fingerprint density at radius 2 is 2.05 bits per heavy atom. The first kappa shape index (κ1) is 18.1. The molecule has 0 spiro atoms. The highest BCUT2D eigenvalue weighted by atomic mass is 79.9. The Kier molecular flexibility index (Phi) is 6.37. The average molecular weight is 386 g/mol. The van der Waals surface area contributed by atoms with Crippen molar-refractivity contribution in [3.8, 4) is 5.75 Å². The summed E-state index contributed by atoms with van der Waals surface area (Å²) >= 11 is 8.93. The van der Waals surface area contributed by atoms with Crippen molar-refractivity contribution >= 4 is 39.1 Å². The molecule has 4 nitrogen and oxygen atoms in total. The summed E-state index contributed by atoms with van der Waals surface area (Å²) in [6, 6.07) is 2.75. The van der Waals surface area contributed by atoms with E-state index in [-0.39, 0.29) is 33.0 Å². The molecule has 0 heterocycles. The number of anilines is 1. The summed E-state index contributed by atoms with van der Waals surface area (Å²) < 4.78 is 29.5. The highest BCUT2D eigenvalue weighted by Crippen LogP contribution is 2.37. The quantitative estimate of drug-likeness (QED) is 0.804. The fraction of sp³-hybridized carbons (Fsp3) is 0.462. The van der Waals surface area contributed by atoms with E-state index in [2.05, 4.69) is 31.3 Å². The Hall–Kier alpha value is -0.920. The smallest absolute Gasteiger partial charge is 0.387 e. The molecule has 1 aromatic rings. The van der Waals surface area contributed by atoms with Crippen molar-refractivity contribution in [2.24, 2.45) is 0 Å². The SMILES string of the molecule is CC(C)(C)NCC(=O)Nc1cc(Cl)cc(Br)c1OC(F)F. The van der Waals surface area contributed by atoms with Crippen molar-refractivity contribution in [3.63, 3.8) is 0 Å². The summed E-state index contributed by atoms with van der Waals surface area (Å²) in [6.45, 7) is 2.73. The molecule has 8 heteroatoms. The summed E-state index contributed by atoms with van der Waals surface area (Å²) in [5, 5.41) is 5.76. The van der Waals surface area contributed by atoms with Crippen LogP contribution in [0.1, 0.15) is 20.8 Å². The van der Waals surface area contributed by atoms with Crippen molar-refractivity contribution in [2.45, 2.75) is 32.9 Å². The Bertz CT molecular complexity index is 522. The van der Waals surface area contributed by atoms with Gasteiger partial charge in [-0.25, -0.2) is 0 Å². The Balaban J connectivity index is 2.88. The van der Waals surface area contributed by atoms with Crippen molar-refractivity contribution in [1.82, 2.24) is 5.32 Å². The highest BCUT2D eigenvalue weighted by Gasteiger charge is 2.18. The fourth-order valence-corrected chi connectivity index (χ4v) is 2.31. The summed E-state index contributed by atoms with van der Waals surface area (Å²) in [6.07, 6.45) is 0. The van der Waals surface area contributed by atoms with Gasteiger partial charge in [0.1, 0.15) is 0 Å². The van der Waals surface area contributed by atoms with E-state index in [0.29, 0.717) is 0 Å². The minimum Gasteiger partial charge on any atom is -0.431 e. The van der Waals surface area contributed by atoms with Gasteiger partial charge in [-0.15, -0.1) is 0 Å². The lowest BCUT2D eigenvalue weighted by Gasteiger charge is -2.20. The lowest BCUT2D eigenvalue weighted by Crippen LogP contribution is -2.41. The molecule has 0 bridgehead atoms. The number of carbonyl (C=O) groups excluding carboxylic acids is 1. The van der Waals surface area contributed by atoms with Gasteiger partial charge in [0.25, 0.3) is 0 Å². The zero-order chi connectivity index (χ0) is 16.2. The average Bonchev–Trinajstić information content (AvgIpc) is 2.30. The van der Waals surface area contributed by atoms with Crippen LogP contribution < -0.4 is 15.4 Å². The monoisotopic (exact) mass is 384 g/mol. The standard InChI is InChI=1S/C13H16BrClF2N2O2/c1-13(2,3)18-6-10(20)19-9-5-7(15)4-8(14)11(9)21-12(16)17/h4-5,12,18H,6H2,1-3H3,(H,19,20). The number of hydrogen-bond acceptors (Lipinski definition) is 3. The van der Waals surface area contributed by atoms with Crippen LogP contribution in [0.15, 0.2) is 16.6 Å². The maximum atomic E-state index is 12.4. The Morgan fingerprint density at radius 1 is 1.43 bits per heavy atom. The van der Waals surface area contributed by atoms with E-state index in [1.54, 1.807) is 0 Å². The summed E-state index contributed by atoms with van der Waals surface area (Å²) in [5.74, 6) is -0.559. The Labute approximate surface area is 135 Å². The summed E-state index contributed by atoms with van der Waals surface area (Å²) in [7, 11) is 0. The van der Waals surface area contributed by atoms with E-state index in [9.17, 15) is 13.6 Å². The van der Waals surface area contributed by atoms with Crippen LogP contribution in [-0.2, 0) is 4.79 Å². The van der Waals surface area contributed by atoms with Crippen LogP contribution >= 0.6 is 27.5 Å². The third-order valence-corrected chi connectivity index (χ3v) is 3.08. The van der Waals surface area contributed by atoms with Crippen LogP contribution in [0.5, 0.6) is 5.75 Å². The minimum atomic E-state index is -3.01. The molecule has 0 saturated carbocycles. The summed E-state index contributed by atoms with van der Waals surface area (Å²) in [5.41, 5.74) is -0.162. The molecule has 1 rings (SSSR count). The van der Waals surface area contributed by atoms with E-state index >= 15 is 0 Å². The van der Waals surface area contributed by atoms with Crippen molar-refractivity contribution in [1.29, 1.82) is 0 Å². The molecule has 21 heavy (non-hydrogen) atoms. The van der Waals surface area contributed by atoms with E-state index in [4.69, 9.17) is 11.6 Å². The normalized spacial score (nSPS) is 11.6. The first-order valence-electron chi connectivity index (χ1n) is 6.07. The van der Waals surface area contributed by atoms with Crippen molar-refractivity contribution in [2.75, 3.05) is 11.9 Å².